The maximum atomic E-state index is 13.3. The zero-order valence-corrected chi connectivity index (χ0v) is 46.5. The van der Waals surface area contributed by atoms with E-state index >= 15 is 0 Å². The number of nitrogens with one attached hydrogen (secondary N) is 1. The molecule has 0 aliphatic heterocycles. The fourth-order valence-electron chi connectivity index (χ4n) is 9.18. The number of rotatable bonds is 49. The lowest BCUT2D eigenvalue weighted by atomic mass is 9.91. The van der Waals surface area contributed by atoms with Crippen LogP contribution in [-0.4, -0.2) is 93.5 Å². The Morgan fingerprint density at radius 1 is 0.464 bits per heavy atom. The standard InChI is InChI=1S/C56H107N3O9S/c1-8-13-17-21-27-36-49(37-28-22-18-14-9-2)46-54(62)58(6)48-56(64)68-44-34-26-32-41-51(59(7)53(61)42-35-45-69(65,66)57-52(60)12-5)40-31-25-33-43-67-55(63)47-50(38-29-23-19-15-10-3)39-30-24-20-16-11-4/h49-51H,8-48H2,1-7H3,(H,57,60). The maximum absolute atomic E-state index is 13.3. The highest BCUT2D eigenvalue weighted by molar-refractivity contribution is 7.90. The molecule has 0 spiro atoms. The van der Waals surface area contributed by atoms with Gasteiger partial charge in [-0.05, 0) is 82.5 Å². The molecule has 0 fully saturated rings. The zero-order valence-electron chi connectivity index (χ0n) is 45.7. The van der Waals surface area contributed by atoms with E-state index in [1.807, 2.05) is 4.72 Å². The average Bonchev–Trinajstić information content (AvgIpc) is 3.31. The number of hydrogen-bond donors (Lipinski definition) is 1. The Labute approximate surface area is 424 Å². The predicted molar refractivity (Wildman–Crippen MR) is 284 cm³/mol. The summed E-state index contributed by atoms with van der Waals surface area (Å²) in [4.78, 5) is 67.2. The van der Waals surface area contributed by atoms with Crippen LogP contribution >= 0.6 is 0 Å². The Morgan fingerprint density at radius 3 is 1.29 bits per heavy atom. The Bertz CT molecular complexity index is 1380. The number of amides is 3. The van der Waals surface area contributed by atoms with Gasteiger partial charge in [0.15, 0.2) is 0 Å². The van der Waals surface area contributed by atoms with Gasteiger partial charge < -0.3 is 19.3 Å². The second-order valence-corrected chi connectivity index (χ2v) is 22.1. The molecular weight excluding hydrogens is 891 g/mol. The van der Waals surface area contributed by atoms with E-state index in [9.17, 15) is 32.4 Å². The van der Waals surface area contributed by atoms with Gasteiger partial charge in [-0.1, -0.05) is 176 Å². The summed E-state index contributed by atoms with van der Waals surface area (Å²) >= 11 is 0. The summed E-state index contributed by atoms with van der Waals surface area (Å²) in [7, 11) is -0.336. The molecule has 1 N–H and O–H groups in total. The Balaban J connectivity index is 5.12. The van der Waals surface area contributed by atoms with Gasteiger partial charge in [0.25, 0.3) is 0 Å². The number of unbranched alkanes of at least 4 members (excludes halogenated alkanes) is 20. The number of nitrogens with zero attached hydrogens (tertiary/aromatic N) is 2. The molecule has 1 unspecified atom stereocenters. The number of ether oxygens (including phenoxy) is 2. The monoisotopic (exact) mass is 998 g/mol. The van der Waals surface area contributed by atoms with Crippen LogP contribution in [0.5, 0.6) is 0 Å². The molecule has 0 aromatic rings. The molecule has 12 nitrogen and oxygen atoms in total. The van der Waals surface area contributed by atoms with Crippen molar-refractivity contribution in [1.82, 2.24) is 14.5 Å². The molecule has 1 atom stereocenters. The molecular formula is C56H107N3O9S. The van der Waals surface area contributed by atoms with Crippen molar-refractivity contribution in [3.05, 3.63) is 0 Å². The topological polar surface area (TPSA) is 156 Å². The zero-order chi connectivity index (χ0) is 51.4. The van der Waals surface area contributed by atoms with Crippen LogP contribution in [0.4, 0.5) is 0 Å². The number of sulfonamides is 1. The van der Waals surface area contributed by atoms with Crippen molar-refractivity contribution in [2.75, 3.05) is 39.6 Å². The summed E-state index contributed by atoms with van der Waals surface area (Å²) in [6.07, 6.45) is 36.2. The van der Waals surface area contributed by atoms with E-state index in [0.29, 0.717) is 37.7 Å². The molecule has 0 radical (unpaired) electrons. The molecule has 0 aliphatic rings. The maximum Gasteiger partial charge on any atom is 0.325 e. The minimum Gasteiger partial charge on any atom is -0.466 e. The summed E-state index contributed by atoms with van der Waals surface area (Å²) < 4.78 is 38.0. The average molecular weight is 999 g/mol. The SMILES string of the molecule is CCCCCCCC(CCCCCCC)CC(=O)OCCCCCC(CCCCCOC(=O)CN(C)C(=O)CC(CCCCCCC)CCCCCCC)N(C)C(=O)CCCS(=O)(=O)NC(=O)CC. The Kier molecular flexibility index (Phi) is 43.4. The first-order chi connectivity index (χ1) is 33.2. The predicted octanol–water partition coefficient (Wildman–Crippen LogP) is 13.6. The molecule has 406 valence electrons. The second-order valence-electron chi connectivity index (χ2n) is 20.3. The fraction of sp³-hybridized carbons (Fsp3) is 0.911. The van der Waals surface area contributed by atoms with Crippen LogP contribution in [0.2, 0.25) is 0 Å². The van der Waals surface area contributed by atoms with E-state index < -0.39 is 21.9 Å². The van der Waals surface area contributed by atoms with Crippen molar-refractivity contribution in [2.45, 2.75) is 278 Å². The van der Waals surface area contributed by atoms with Crippen LogP contribution < -0.4 is 4.72 Å². The van der Waals surface area contributed by atoms with E-state index in [1.54, 1.807) is 25.9 Å². The molecule has 0 saturated heterocycles. The van der Waals surface area contributed by atoms with Crippen molar-refractivity contribution in [2.24, 2.45) is 11.8 Å². The third kappa shape index (κ3) is 39.6. The van der Waals surface area contributed by atoms with Crippen LogP contribution in [0, 0.1) is 11.8 Å². The minimum atomic E-state index is -3.80. The highest BCUT2D eigenvalue weighted by Gasteiger charge is 2.23. The molecule has 0 aromatic carbocycles. The van der Waals surface area contributed by atoms with E-state index in [4.69, 9.17) is 9.47 Å². The third-order valence-electron chi connectivity index (χ3n) is 13.8. The second kappa shape index (κ2) is 45.2. The Hall–Kier alpha value is -2.70. The van der Waals surface area contributed by atoms with Crippen molar-refractivity contribution < 1.29 is 41.9 Å². The van der Waals surface area contributed by atoms with Gasteiger partial charge >= 0.3 is 11.9 Å². The lowest BCUT2D eigenvalue weighted by Gasteiger charge is -2.29. The smallest absolute Gasteiger partial charge is 0.325 e. The highest BCUT2D eigenvalue weighted by atomic mass is 32.2. The van der Waals surface area contributed by atoms with Crippen molar-refractivity contribution >= 4 is 39.7 Å². The lowest BCUT2D eigenvalue weighted by Crippen LogP contribution is -2.37. The number of carbonyl (C=O) groups is 5. The molecule has 0 aromatic heterocycles. The number of carbonyl (C=O) groups excluding carboxylic acids is 5. The van der Waals surface area contributed by atoms with Gasteiger partial charge in [0.2, 0.25) is 27.7 Å². The summed E-state index contributed by atoms with van der Waals surface area (Å²) in [6, 6.07) is -0.0643. The fourth-order valence-corrected chi connectivity index (χ4v) is 10.3. The first-order valence-electron chi connectivity index (χ1n) is 28.6. The van der Waals surface area contributed by atoms with Gasteiger partial charge in [0, 0.05) is 45.8 Å². The first-order valence-corrected chi connectivity index (χ1v) is 30.2. The van der Waals surface area contributed by atoms with Gasteiger partial charge in [0.1, 0.15) is 6.54 Å². The summed E-state index contributed by atoms with van der Waals surface area (Å²) in [5.74, 6) is -0.763. The number of hydrogen-bond acceptors (Lipinski definition) is 9. The van der Waals surface area contributed by atoms with Gasteiger partial charge in [-0.15, -0.1) is 0 Å². The van der Waals surface area contributed by atoms with Crippen LogP contribution in [0.3, 0.4) is 0 Å². The van der Waals surface area contributed by atoms with Crippen molar-refractivity contribution in [1.29, 1.82) is 0 Å². The quantitative estimate of drug-likeness (QED) is 0.0463. The normalized spacial score (nSPS) is 12.1. The van der Waals surface area contributed by atoms with Crippen molar-refractivity contribution in [3.8, 4) is 0 Å². The van der Waals surface area contributed by atoms with Gasteiger partial charge in [-0.2, -0.15) is 0 Å². The van der Waals surface area contributed by atoms with Crippen LogP contribution in [-0.2, 0) is 43.5 Å². The molecule has 0 bridgehead atoms. The van der Waals surface area contributed by atoms with Crippen LogP contribution in [0.15, 0.2) is 0 Å². The molecule has 0 heterocycles. The van der Waals surface area contributed by atoms with Crippen molar-refractivity contribution in [3.63, 3.8) is 0 Å². The minimum absolute atomic E-state index is 0.00502. The molecule has 13 heteroatoms. The summed E-state index contributed by atoms with van der Waals surface area (Å²) in [5.41, 5.74) is 0. The lowest BCUT2D eigenvalue weighted by molar-refractivity contribution is -0.149. The van der Waals surface area contributed by atoms with E-state index in [1.165, 1.54) is 120 Å². The molecule has 0 aliphatic carbocycles. The third-order valence-corrected chi connectivity index (χ3v) is 15.2. The molecule has 69 heavy (non-hydrogen) atoms. The molecule has 0 rings (SSSR count). The van der Waals surface area contributed by atoms with Gasteiger partial charge in [0.05, 0.1) is 19.0 Å². The highest BCUT2D eigenvalue weighted by Crippen LogP contribution is 2.25. The Morgan fingerprint density at radius 2 is 0.855 bits per heavy atom. The first kappa shape index (κ1) is 66.3. The molecule has 3 amide bonds. The van der Waals surface area contributed by atoms with Gasteiger partial charge in [-0.3, -0.25) is 28.7 Å². The van der Waals surface area contributed by atoms with Crippen LogP contribution in [0.1, 0.15) is 272 Å². The van der Waals surface area contributed by atoms with E-state index in [-0.39, 0.29) is 62.0 Å². The number of likely N-dealkylation sites (N-methyl/N-ethyl adjacent to an activating group) is 1. The van der Waals surface area contributed by atoms with Crippen LogP contribution in [0.25, 0.3) is 0 Å². The largest absolute Gasteiger partial charge is 0.466 e. The summed E-state index contributed by atoms with van der Waals surface area (Å²) in [6.45, 7) is 11.1. The molecule has 0 saturated carbocycles. The number of esters is 2. The van der Waals surface area contributed by atoms with E-state index in [2.05, 4.69) is 27.7 Å². The van der Waals surface area contributed by atoms with E-state index in [0.717, 1.165) is 83.5 Å². The summed E-state index contributed by atoms with van der Waals surface area (Å²) in [5, 5.41) is 0. The van der Waals surface area contributed by atoms with Gasteiger partial charge in [-0.25, -0.2) is 8.42 Å².